The van der Waals surface area contributed by atoms with Crippen LogP contribution in [0.5, 0.6) is 5.75 Å². The second kappa shape index (κ2) is 5.47. The van der Waals surface area contributed by atoms with Crippen LogP contribution in [0.4, 0.5) is 24.7 Å². The van der Waals surface area contributed by atoms with Gasteiger partial charge in [-0.3, -0.25) is 10.2 Å². The van der Waals surface area contributed by atoms with Gasteiger partial charge in [0.05, 0.1) is 5.69 Å². The van der Waals surface area contributed by atoms with E-state index in [1.807, 2.05) is 25.1 Å². The number of ether oxygens (including phenoxy) is 1. The van der Waals surface area contributed by atoms with E-state index in [0.717, 1.165) is 33.4 Å². The van der Waals surface area contributed by atoms with Crippen molar-refractivity contribution in [3.05, 3.63) is 54.1 Å². The summed E-state index contributed by atoms with van der Waals surface area (Å²) in [5.74, 6) is 0.504. The molecule has 2 aliphatic rings. The minimum atomic E-state index is -4.69. The van der Waals surface area contributed by atoms with Gasteiger partial charge in [-0.1, -0.05) is 24.3 Å². The SMILES string of the molecule is Cc1c2c(Nc3ccc(OC(F)(F)F)cc3)[nH][nH]c-2c2ccccc12. The third-order valence-electron chi connectivity index (χ3n) is 4.15. The van der Waals surface area contributed by atoms with Gasteiger partial charge < -0.3 is 10.1 Å². The number of aromatic amines is 2. The van der Waals surface area contributed by atoms with E-state index in [1.54, 1.807) is 0 Å². The van der Waals surface area contributed by atoms with Crippen LogP contribution in [0, 0.1) is 6.92 Å². The van der Waals surface area contributed by atoms with Crippen molar-refractivity contribution in [1.29, 1.82) is 0 Å². The van der Waals surface area contributed by atoms with Gasteiger partial charge in [0.15, 0.2) is 0 Å². The molecule has 1 aliphatic carbocycles. The largest absolute Gasteiger partial charge is 0.573 e. The number of H-pyrrole nitrogens is 2. The van der Waals surface area contributed by atoms with Crippen LogP contribution in [-0.4, -0.2) is 16.6 Å². The van der Waals surface area contributed by atoms with Crippen LogP contribution >= 0.6 is 0 Å². The standard InChI is InChI=1S/C18H14F3N3O/c1-10-13-4-2-3-5-14(13)16-15(10)17(24-23-16)22-11-6-8-12(9-7-11)25-18(19,20)21/h2-9,22-24H,1H3. The Labute approximate surface area is 140 Å². The fourth-order valence-corrected chi connectivity index (χ4v) is 3.09. The zero-order valence-corrected chi connectivity index (χ0v) is 13.2. The quantitative estimate of drug-likeness (QED) is 0.456. The van der Waals surface area contributed by atoms with Crippen molar-refractivity contribution in [2.75, 3.05) is 5.32 Å². The first-order valence-electron chi connectivity index (χ1n) is 7.62. The summed E-state index contributed by atoms with van der Waals surface area (Å²) in [6.07, 6.45) is -4.69. The Morgan fingerprint density at radius 2 is 1.60 bits per heavy atom. The zero-order chi connectivity index (χ0) is 17.6. The van der Waals surface area contributed by atoms with Crippen LogP contribution in [0.3, 0.4) is 0 Å². The first-order valence-corrected chi connectivity index (χ1v) is 7.62. The first kappa shape index (κ1) is 15.4. The normalized spacial score (nSPS) is 12.0. The number of anilines is 2. The molecule has 3 N–H and O–H groups in total. The molecule has 1 aliphatic heterocycles. The topological polar surface area (TPSA) is 52.8 Å². The molecule has 2 aromatic carbocycles. The van der Waals surface area contributed by atoms with Gasteiger partial charge in [-0.05, 0) is 42.1 Å². The lowest BCUT2D eigenvalue weighted by Gasteiger charge is -2.10. The summed E-state index contributed by atoms with van der Waals surface area (Å²) in [7, 11) is 0. The minimum Gasteiger partial charge on any atom is -0.406 e. The molecule has 0 aromatic heterocycles. The maximum absolute atomic E-state index is 12.2. The molecule has 0 fully saturated rings. The third kappa shape index (κ3) is 2.77. The number of aryl methyl sites for hydroxylation is 1. The second-order valence-corrected chi connectivity index (χ2v) is 5.74. The van der Waals surface area contributed by atoms with Crippen LogP contribution in [0.15, 0.2) is 48.5 Å². The number of nitrogens with one attached hydrogen (secondary N) is 3. The maximum Gasteiger partial charge on any atom is 0.573 e. The number of aromatic nitrogens is 2. The zero-order valence-electron chi connectivity index (χ0n) is 13.2. The molecule has 0 atom stereocenters. The summed E-state index contributed by atoms with van der Waals surface area (Å²) in [5.41, 5.74) is 3.79. The highest BCUT2D eigenvalue weighted by Gasteiger charge is 2.31. The minimum absolute atomic E-state index is 0.253. The number of halogens is 3. The van der Waals surface area contributed by atoms with Gasteiger partial charge in [0.2, 0.25) is 0 Å². The number of rotatable bonds is 3. The fraction of sp³-hybridized carbons (Fsp3) is 0.111. The Bertz CT molecular complexity index is 999. The summed E-state index contributed by atoms with van der Waals surface area (Å²) < 4.78 is 40.5. The van der Waals surface area contributed by atoms with E-state index >= 15 is 0 Å². The van der Waals surface area contributed by atoms with Gasteiger partial charge in [-0.2, -0.15) is 0 Å². The molecule has 7 heteroatoms. The van der Waals surface area contributed by atoms with Crippen LogP contribution in [0.1, 0.15) is 5.56 Å². The summed E-state index contributed by atoms with van der Waals surface area (Å²) in [6.45, 7) is 2.04. The Hall–Kier alpha value is -3.09. The number of hydrogen-bond donors (Lipinski definition) is 3. The van der Waals surface area contributed by atoms with E-state index < -0.39 is 6.36 Å². The monoisotopic (exact) mass is 345 g/mol. The Kier molecular flexibility index (Phi) is 3.38. The Balaban J connectivity index is 1.64. The molecule has 128 valence electrons. The Morgan fingerprint density at radius 1 is 0.920 bits per heavy atom. The van der Waals surface area contributed by atoms with E-state index in [0.29, 0.717) is 5.69 Å². The van der Waals surface area contributed by atoms with E-state index in [4.69, 9.17) is 0 Å². The Morgan fingerprint density at radius 3 is 2.28 bits per heavy atom. The average Bonchev–Trinajstić information content (AvgIpc) is 3.09. The lowest BCUT2D eigenvalue weighted by Crippen LogP contribution is -2.16. The van der Waals surface area contributed by atoms with Crippen molar-refractivity contribution in [3.8, 4) is 17.0 Å². The highest BCUT2D eigenvalue weighted by Crippen LogP contribution is 2.42. The number of hydrogen-bond acceptors (Lipinski definition) is 2. The average molecular weight is 345 g/mol. The molecule has 25 heavy (non-hydrogen) atoms. The number of fused-ring (bicyclic) bond motifs is 3. The molecule has 0 saturated carbocycles. The van der Waals surface area contributed by atoms with Gasteiger partial charge in [0, 0.05) is 16.6 Å². The molecule has 0 saturated heterocycles. The molecule has 4 nitrogen and oxygen atoms in total. The van der Waals surface area contributed by atoms with Gasteiger partial charge >= 0.3 is 6.36 Å². The lowest BCUT2D eigenvalue weighted by molar-refractivity contribution is -0.274. The molecule has 0 amide bonds. The molecule has 0 spiro atoms. The highest BCUT2D eigenvalue weighted by atomic mass is 19.4. The van der Waals surface area contributed by atoms with E-state index in [-0.39, 0.29) is 5.75 Å². The molecule has 0 radical (unpaired) electrons. The van der Waals surface area contributed by atoms with Gasteiger partial charge in [-0.15, -0.1) is 13.2 Å². The predicted octanol–water partition coefficient (Wildman–Crippen LogP) is 5.55. The summed E-state index contributed by atoms with van der Waals surface area (Å²) in [4.78, 5) is 0. The van der Waals surface area contributed by atoms with Crippen LogP contribution in [-0.2, 0) is 0 Å². The molecular formula is C18H14F3N3O. The molecule has 2 aromatic rings. The van der Waals surface area contributed by atoms with Crippen molar-refractivity contribution >= 4 is 22.3 Å². The van der Waals surface area contributed by atoms with Gasteiger partial charge in [0.1, 0.15) is 11.6 Å². The van der Waals surface area contributed by atoms with Crippen molar-refractivity contribution in [2.24, 2.45) is 0 Å². The summed E-state index contributed by atoms with van der Waals surface area (Å²) in [6, 6.07) is 13.7. The molecule has 1 heterocycles. The summed E-state index contributed by atoms with van der Waals surface area (Å²) >= 11 is 0. The first-order chi connectivity index (χ1) is 11.9. The van der Waals surface area contributed by atoms with E-state index in [1.165, 1.54) is 24.3 Å². The summed E-state index contributed by atoms with van der Waals surface area (Å²) in [5, 5.41) is 11.7. The molecular weight excluding hydrogens is 331 g/mol. The van der Waals surface area contributed by atoms with Gasteiger partial charge in [0.25, 0.3) is 0 Å². The second-order valence-electron chi connectivity index (χ2n) is 5.74. The van der Waals surface area contributed by atoms with E-state index in [9.17, 15) is 13.2 Å². The molecule has 4 rings (SSSR count). The van der Waals surface area contributed by atoms with Crippen molar-refractivity contribution < 1.29 is 17.9 Å². The number of benzene rings is 2. The van der Waals surface area contributed by atoms with Crippen molar-refractivity contribution in [2.45, 2.75) is 13.3 Å². The predicted molar refractivity (Wildman–Crippen MR) is 90.4 cm³/mol. The van der Waals surface area contributed by atoms with E-state index in [2.05, 4.69) is 26.3 Å². The van der Waals surface area contributed by atoms with Crippen molar-refractivity contribution in [1.82, 2.24) is 10.2 Å². The number of alkyl halides is 3. The lowest BCUT2D eigenvalue weighted by atomic mass is 10.1. The molecule has 0 unspecified atom stereocenters. The van der Waals surface area contributed by atoms with Gasteiger partial charge in [-0.25, -0.2) is 0 Å². The van der Waals surface area contributed by atoms with Crippen LogP contribution in [0.2, 0.25) is 0 Å². The third-order valence-corrected chi connectivity index (χ3v) is 4.15. The molecule has 0 bridgehead atoms. The smallest absolute Gasteiger partial charge is 0.406 e. The van der Waals surface area contributed by atoms with Crippen LogP contribution < -0.4 is 10.1 Å². The highest BCUT2D eigenvalue weighted by molar-refractivity contribution is 6.07. The van der Waals surface area contributed by atoms with Crippen molar-refractivity contribution in [3.63, 3.8) is 0 Å². The fourth-order valence-electron chi connectivity index (χ4n) is 3.09. The van der Waals surface area contributed by atoms with Crippen LogP contribution in [0.25, 0.3) is 22.0 Å². The maximum atomic E-state index is 12.2.